The first kappa shape index (κ1) is 22.1. The van der Waals surface area contributed by atoms with Gasteiger partial charge < -0.3 is 14.0 Å². The molecule has 1 aliphatic rings. The Labute approximate surface area is 193 Å². The van der Waals surface area contributed by atoms with Crippen molar-refractivity contribution in [3.8, 4) is 28.8 Å². The van der Waals surface area contributed by atoms with Crippen molar-refractivity contribution in [2.45, 2.75) is 18.1 Å². The van der Waals surface area contributed by atoms with Crippen molar-refractivity contribution in [2.75, 3.05) is 7.11 Å². The van der Waals surface area contributed by atoms with Crippen LogP contribution in [0.5, 0.6) is 17.6 Å². The van der Waals surface area contributed by atoms with Crippen LogP contribution in [0.3, 0.4) is 0 Å². The van der Waals surface area contributed by atoms with Crippen LogP contribution < -0.4 is 43.6 Å². The third-order valence-electron chi connectivity index (χ3n) is 4.33. The third-order valence-corrected chi connectivity index (χ3v) is 5.28. The van der Waals surface area contributed by atoms with E-state index in [0.717, 1.165) is 0 Å². The molecule has 13 heteroatoms. The SMILES string of the molecule is COc1cc(-c2cc(F)cc3c2Oc2n(SF)nc(S(=O)[O-])[n+]2C3C)ccn1.[Na+]. The second kappa shape index (κ2) is 8.66. The molecule has 146 valence electrons. The number of benzene rings is 1. The number of ether oxygens (including phenoxy) is 2. The summed E-state index contributed by atoms with van der Waals surface area (Å²) in [4.78, 5) is 4.02. The van der Waals surface area contributed by atoms with Crippen LogP contribution in [-0.2, 0) is 11.1 Å². The molecule has 8 nitrogen and oxygen atoms in total. The Morgan fingerprint density at radius 1 is 1.41 bits per heavy atom. The number of hydrogen-bond donors (Lipinski definition) is 0. The van der Waals surface area contributed by atoms with Gasteiger partial charge in [0.05, 0.1) is 23.3 Å². The molecular weight excluding hydrogens is 437 g/mol. The minimum Gasteiger partial charge on any atom is -0.764 e. The van der Waals surface area contributed by atoms with Crippen molar-refractivity contribution in [1.82, 2.24) is 14.2 Å². The smallest absolute Gasteiger partial charge is 0.764 e. The van der Waals surface area contributed by atoms with Crippen molar-refractivity contribution in [3.63, 3.8) is 0 Å². The van der Waals surface area contributed by atoms with Gasteiger partial charge >= 0.3 is 40.7 Å². The predicted molar refractivity (Wildman–Crippen MR) is 93.8 cm³/mol. The van der Waals surface area contributed by atoms with Gasteiger partial charge in [0.15, 0.2) is 0 Å². The maximum absolute atomic E-state index is 14.4. The van der Waals surface area contributed by atoms with Gasteiger partial charge in [-0.05, 0) is 30.7 Å². The molecule has 0 aliphatic carbocycles. The number of halogens is 2. The topological polar surface area (TPSA) is 93.2 Å². The van der Waals surface area contributed by atoms with E-state index in [0.29, 0.717) is 26.7 Å². The van der Waals surface area contributed by atoms with Crippen LogP contribution in [0.2, 0.25) is 0 Å². The third kappa shape index (κ3) is 3.80. The molecule has 1 aromatic carbocycles. The van der Waals surface area contributed by atoms with Crippen LogP contribution in [0.25, 0.3) is 11.1 Å². The first-order valence-corrected chi connectivity index (χ1v) is 9.64. The van der Waals surface area contributed by atoms with E-state index < -0.39 is 28.1 Å². The molecule has 0 N–H and O–H groups in total. The van der Waals surface area contributed by atoms with Gasteiger partial charge in [-0.1, -0.05) is 0 Å². The van der Waals surface area contributed by atoms with Crippen LogP contribution >= 0.6 is 12.3 Å². The molecule has 0 saturated carbocycles. The number of rotatable bonds is 4. The fraction of sp³-hybridized carbons (Fsp3) is 0.188. The Kier molecular flexibility index (Phi) is 6.61. The van der Waals surface area contributed by atoms with Gasteiger partial charge in [-0.25, -0.2) is 9.37 Å². The molecule has 4 rings (SSSR count). The molecule has 0 bridgehead atoms. The van der Waals surface area contributed by atoms with Crippen LogP contribution in [0.1, 0.15) is 18.5 Å². The van der Waals surface area contributed by atoms with Gasteiger partial charge in [-0.15, -0.1) is 3.89 Å². The summed E-state index contributed by atoms with van der Waals surface area (Å²) in [5.74, 6) is 0.0458. The molecule has 29 heavy (non-hydrogen) atoms. The van der Waals surface area contributed by atoms with E-state index >= 15 is 0 Å². The summed E-state index contributed by atoms with van der Waals surface area (Å²) in [6.45, 7) is 1.65. The summed E-state index contributed by atoms with van der Waals surface area (Å²) in [6.07, 6.45) is 1.50. The van der Waals surface area contributed by atoms with Gasteiger partial charge in [0.25, 0.3) is 12.3 Å². The average molecular weight is 449 g/mol. The van der Waals surface area contributed by atoms with Crippen LogP contribution in [-0.4, -0.2) is 30.0 Å². The maximum atomic E-state index is 14.4. The van der Waals surface area contributed by atoms with Gasteiger partial charge in [0, 0.05) is 27.5 Å². The quantitative estimate of drug-likeness (QED) is 0.307. The summed E-state index contributed by atoms with van der Waals surface area (Å²) in [5.41, 5.74) is 1.34. The second-order valence-electron chi connectivity index (χ2n) is 5.85. The minimum atomic E-state index is -2.75. The summed E-state index contributed by atoms with van der Waals surface area (Å²) >= 11 is -3.05. The largest absolute Gasteiger partial charge is 1.00 e. The van der Waals surface area contributed by atoms with Gasteiger partial charge in [-0.2, -0.15) is 4.57 Å². The van der Waals surface area contributed by atoms with Crippen LogP contribution in [0.15, 0.2) is 35.6 Å². The van der Waals surface area contributed by atoms with Crippen LogP contribution in [0, 0.1) is 5.82 Å². The molecular formula is C16H12F2N4NaO4S2+. The van der Waals surface area contributed by atoms with E-state index in [-0.39, 0.29) is 53.7 Å². The minimum absolute atomic E-state index is 0. The van der Waals surface area contributed by atoms with E-state index in [1.807, 2.05) is 0 Å². The van der Waals surface area contributed by atoms with E-state index in [1.54, 1.807) is 19.1 Å². The monoisotopic (exact) mass is 449 g/mol. The molecule has 0 spiro atoms. The number of fused-ring (bicyclic) bond motifs is 2. The molecule has 3 aromatic rings. The Hall–Kier alpha value is -1.57. The molecule has 2 aromatic heterocycles. The summed E-state index contributed by atoms with van der Waals surface area (Å²) in [7, 11) is 1.45. The zero-order valence-corrected chi connectivity index (χ0v) is 19.1. The van der Waals surface area contributed by atoms with Gasteiger partial charge in [0.1, 0.15) is 17.6 Å². The van der Waals surface area contributed by atoms with E-state index in [9.17, 15) is 17.0 Å². The number of hydrogen-bond acceptors (Lipinski definition) is 7. The summed E-state index contributed by atoms with van der Waals surface area (Å²) in [5, 5.41) is 3.28. The number of methoxy groups -OCH3 is 1. The molecule has 2 unspecified atom stereocenters. The van der Waals surface area contributed by atoms with Crippen molar-refractivity contribution < 1.29 is 60.6 Å². The maximum Gasteiger partial charge on any atom is 1.00 e. The van der Waals surface area contributed by atoms with Crippen molar-refractivity contribution >= 4 is 23.4 Å². The first-order valence-electron chi connectivity index (χ1n) is 7.89. The van der Waals surface area contributed by atoms with Gasteiger partial charge in [-0.3, -0.25) is 4.21 Å². The second-order valence-corrected chi connectivity index (χ2v) is 7.17. The fourth-order valence-electron chi connectivity index (χ4n) is 3.09. The number of aromatic nitrogens is 4. The van der Waals surface area contributed by atoms with E-state index in [1.165, 1.54) is 30.0 Å². The van der Waals surface area contributed by atoms with Crippen molar-refractivity contribution in [3.05, 3.63) is 41.8 Å². The van der Waals surface area contributed by atoms with Gasteiger partial charge in [0.2, 0.25) is 5.88 Å². The molecule has 2 atom stereocenters. The van der Waals surface area contributed by atoms with E-state index in [2.05, 4.69) is 10.1 Å². The van der Waals surface area contributed by atoms with Crippen molar-refractivity contribution in [1.29, 1.82) is 0 Å². The average Bonchev–Trinajstić information content (AvgIpc) is 3.07. The number of nitrogens with zero attached hydrogens (tertiary/aromatic N) is 4. The summed E-state index contributed by atoms with van der Waals surface area (Å²) < 4.78 is 63.5. The zero-order chi connectivity index (χ0) is 20.0. The summed E-state index contributed by atoms with van der Waals surface area (Å²) in [6, 6.07) is 4.95. The Morgan fingerprint density at radius 3 is 2.83 bits per heavy atom. The molecule has 0 saturated heterocycles. The van der Waals surface area contributed by atoms with E-state index in [4.69, 9.17) is 9.47 Å². The van der Waals surface area contributed by atoms with Crippen LogP contribution in [0.4, 0.5) is 8.28 Å². The number of pyridine rings is 1. The molecule has 0 amide bonds. The predicted octanol–water partition coefficient (Wildman–Crippen LogP) is -0.282. The fourth-order valence-corrected chi connectivity index (χ4v) is 3.98. The molecule has 3 heterocycles. The van der Waals surface area contributed by atoms with Crippen molar-refractivity contribution in [2.24, 2.45) is 0 Å². The Morgan fingerprint density at radius 2 is 2.17 bits per heavy atom. The standard InChI is InChI=1S/C16H12F2N4O4S2.Na/c1-8-11-6-10(17)7-12(9-3-4-19-13(5-9)25-2)14(11)26-16-21(8)15(28(23)24)20-22(16)27-18;/h3-8H,1-2H3;/q;+1. The normalized spacial score (nSPS) is 15.6. The zero-order valence-electron chi connectivity index (χ0n) is 15.5. The molecule has 0 fully saturated rings. The molecule has 0 radical (unpaired) electrons. The Bertz CT molecular complexity index is 1110. The molecule has 1 aliphatic heterocycles. The Balaban J connectivity index is 0.00000240. The first-order chi connectivity index (χ1) is 13.4.